The van der Waals surface area contributed by atoms with E-state index in [1.807, 2.05) is 0 Å². The third-order valence-electron chi connectivity index (χ3n) is 4.73. The Labute approximate surface area is 193 Å². The third-order valence-corrected chi connectivity index (χ3v) is 5.93. The van der Waals surface area contributed by atoms with E-state index in [1.54, 1.807) is 55.6 Å². The largest absolute Gasteiger partial charge is 0.494 e. The van der Waals surface area contributed by atoms with Crippen LogP contribution in [0.15, 0.2) is 67.0 Å². The van der Waals surface area contributed by atoms with Crippen LogP contribution in [0.25, 0.3) is 10.6 Å². The molecule has 9 heteroatoms. The molecule has 2 heterocycles. The van der Waals surface area contributed by atoms with Crippen molar-refractivity contribution in [2.75, 3.05) is 17.7 Å². The van der Waals surface area contributed by atoms with Gasteiger partial charge in [0.05, 0.1) is 24.1 Å². The Bertz CT molecular complexity index is 1310. The van der Waals surface area contributed by atoms with Gasteiger partial charge in [-0.1, -0.05) is 0 Å². The van der Waals surface area contributed by atoms with Crippen LogP contribution in [0, 0.1) is 12.7 Å². The van der Waals surface area contributed by atoms with Crippen LogP contribution in [0.5, 0.6) is 5.75 Å². The summed E-state index contributed by atoms with van der Waals surface area (Å²) >= 11 is 1.23. The molecule has 166 valence electrons. The smallest absolute Gasteiger partial charge is 0.267 e. The molecule has 7 nitrogen and oxygen atoms in total. The molecule has 0 radical (unpaired) electrons. The van der Waals surface area contributed by atoms with Gasteiger partial charge in [-0.05, 0) is 55.5 Å². The van der Waals surface area contributed by atoms with Gasteiger partial charge in [-0.25, -0.2) is 9.37 Å². The van der Waals surface area contributed by atoms with Crippen LogP contribution in [-0.4, -0.2) is 28.9 Å². The Morgan fingerprint density at radius 2 is 1.82 bits per heavy atom. The van der Waals surface area contributed by atoms with E-state index in [0.717, 1.165) is 5.56 Å². The number of nitrogens with zero attached hydrogens (tertiary/aromatic N) is 2. The predicted octanol–water partition coefficient (Wildman–Crippen LogP) is 5.17. The molecule has 0 fully saturated rings. The van der Waals surface area contributed by atoms with E-state index < -0.39 is 0 Å². The first kappa shape index (κ1) is 22.1. The van der Waals surface area contributed by atoms with Crippen molar-refractivity contribution in [2.45, 2.75) is 6.92 Å². The van der Waals surface area contributed by atoms with Crippen molar-refractivity contribution < 1.29 is 18.7 Å². The van der Waals surface area contributed by atoms with Crippen LogP contribution >= 0.6 is 11.3 Å². The number of aromatic nitrogens is 2. The number of methoxy groups -OCH3 is 1. The highest BCUT2D eigenvalue weighted by molar-refractivity contribution is 7.17. The van der Waals surface area contributed by atoms with Crippen molar-refractivity contribution in [3.8, 4) is 16.3 Å². The molecule has 0 saturated heterocycles. The highest BCUT2D eigenvalue weighted by atomic mass is 32.1. The van der Waals surface area contributed by atoms with Crippen molar-refractivity contribution >= 4 is 34.5 Å². The Morgan fingerprint density at radius 3 is 2.52 bits per heavy atom. The minimum atomic E-state index is -0.334. The topological polar surface area (TPSA) is 93.2 Å². The van der Waals surface area contributed by atoms with Crippen LogP contribution in [0.2, 0.25) is 0 Å². The first-order valence-corrected chi connectivity index (χ1v) is 10.7. The Hall–Kier alpha value is -4.11. The summed E-state index contributed by atoms with van der Waals surface area (Å²) in [5.41, 5.74) is 2.67. The van der Waals surface area contributed by atoms with Crippen molar-refractivity contribution in [3.05, 3.63) is 88.9 Å². The number of aryl methyl sites for hydroxylation is 1. The average Bonchev–Trinajstić information content (AvgIpc) is 3.22. The number of hydrogen-bond acceptors (Lipinski definition) is 6. The summed E-state index contributed by atoms with van der Waals surface area (Å²) in [6.45, 7) is 1.75. The molecule has 0 bridgehead atoms. The number of thiazole rings is 1. The van der Waals surface area contributed by atoms with Gasteiger partial charge in [0.2, 0.25) is 0 Å². The molecule has 2 amide bonds. The van der Waals surface area contributed by atoms with E-state index >= 15 is 0 Å². The normalized spacial score (nSPS) is 10.5. The summed E-state index contributed by atoms with van der Waals surface area (Å²) in [4.78, 5) is 34.1. The highest BCUT2D eigenvalue weighted by Gasteiger charge is 2.18. The highest BCUT2D eigenvalue weighted by Crippen LogP contribution is 2.31. The Kier molecular flexibility index (Phi) is 6.41. The van der Waals surface area contributed by atoms with Crippen LogP contribution in [-0.2, 0) is 0 Å². The molecule has 2 N–H and O–H groups in total. The van der Waals surface area contributed by atoms with Gasteiger partial charge in [0, 0.05) is 29.7 Å². The van der Waals surface area contributed by atoms with Gasteiger partial charge < -0.3 is 15.4 Å². The molecule has 33 heavy (non-hydrogen) atoms. The molecule has 0 unspecified atom stereocenters. The van der Waals surface area contributed by atoms with Crippen LogP contribution < -0.4 is 15.4 Å². The molecule has 2 aromatic carbocycles. The molecule has 4 aromatic rings. The summed E-state index contributed by atoms with van der Waals surface area (Å²) in [6.07, 6.45) is 3.05. The number of nitrogens with one attached hydrogen (secondary N) is 2. The monoisotopic (exact) mass is 462 g/mol. The minimum Gasteiger partial charge on any atom is -0.494 e. The summed E-state index contributed by atoms with van der Waals surface area (Å²) in [6, 6.07) is 14.2. The van der Waals surface area contributed by atoms with Gasteiger partial charge in [0.1, 0.15) is 21.5 Å². The maximum Gasteiger partial charge on any atom is 0.267 e. The number of amides is 2. The summed E-state index contributed by atoms with van der Waals surface area (Å²) < 4.78 is 18.6. The van der Waals surface area contributed by atoms with Gasteiger partial charge in [-0.3, -0.25) is 14.6 Å². The lowest BCUT2D eigenvalue weighted by Crippen LogP contribution is -2.14. The van der Waals surface area contributed by atoms with Gasteiger partial charge in [-0.2, -0.15) is 0 Å². The molecule has 0 atom stereocenters. The van der Waals surface area contributed by atoms with Crippen molar-refractivity contribution in [1.29, 1.82) is 0 Å². The molecule has 0 saturated carbocycles. The van der Waals surface area contributed by atoms with Gasteiger partial charge in [0.25, 0.3) is 11.8 Å². The summed E-state index contributed by atoms with van der Waals surface area (Å²) in [7, 11) is 1.48. The fourth-order valence-corrected chi connectivity index (χ4v) is 4.04. The van der Waals surface area contributed by atoms with E-state index in [2.05, 4.69) is 20.6 Å². The van der Waals surface area contributed by atoms with E-state index in [-0.39, 0.29) is 17.6 Å². The van der Waals surface area contributed by atoms with E-state index in [1.165, 1.54) is 36.8 Å². The Morgan fingerprint density at radius 1 is 1.03 bits per heavy atom. The number of benzene rings is 2. The summed E-state index contributed by atoms with van der Waals surface area (Å²) in [5.74, 6) is -0.601. The molecule has 4 rings (SSSR count). The van der Waals surface area contributed by atoms with E-state index in [4.69, 9.17) is 4.74 Å². The van der Waals surface area contributed by atoms with Crippen LogP contribution in [0.3, 0.4) is 0 Å². The molecule has 0 aliphatic heterocycles. The van der Waals surface area contributed by atoms with E-state index in [9.17, 15) is 14.0 Å². The maximum absolute atomic E-state index is 13.2. The number of anilines is 2. The lowest BCUT2D eigenvalue weighted by molar-refractivity contribution is 0.101. The molecule has 2 aromatic heterocycles. The zero-order chi connectivity index (χ0) is 23.4. The van der Waals surface area contributed by atoms with Crippen molar-refractivity contribution in [2.24, 2.45) is 0 Å². The lowest BCUT2D eigenvalue weighted by Gasteiger charge is -2.12. The van der Waals surface area contributed by atoms with Crippen molar-refractivity contribution in [1.82, 2.24) is 9.97 Å². The number of hydrogen-bond donors (Lipinski definition) is 2. The molecule has 0 spiro atoms. The minimum absolute atomic E-state index is 0.326. The average molecular weight is 463 g/mol. The lowest BCUT2D eigenvalue weighted by atomic mass is 10.2. The standard InChI is InChI=1S/C24H19FN4O3S/c1-14-21(33-24(27-14)15-5-7-17(25)8-6-15)23(31)28-18-9-10-19(20(12-18)32-2)29-22(30)16-4-3-11-26-13-16/h3-13H,1-2H3,(H,28,31)(H,29,30). The second-order valence-corrected chi connectivity index (χ2v) is 8.00. The SMILES string of the molecule is COc1cc(NC(=O)c2sc(-c3ccc(F)cc3)nc2C)ccc1NC(=O)c1cccnc1. The third kappa shape index (κ3) is 5.04. The predicted molar refractivity (Wildman–Crippen MR) is 125 cm³/mol. The maximum atomic E-state index is 13.2. The quantitative estimate of drug-likeness (QED) is 0.413. The Balaban J connectivity index is 1.50. The molecular formula is C24H19FN4O3S. The zero-order valence-corrected chi connectivity index (χ0v) is 18.6. The van der Waals surface area contributed by atoms with Crippen molar-refractivity contribution in [3.63, 3.8) is 0 Å². The first-order valence-electron chi connectivity index (χ1n) is 9.88. The number of carbonyl (C=O) groups is 2. The second-order valence-electron chi connectivity index (χ2n) is 7.01. The van der Waals surface area contributed by atoms with Gasteiger partial charge in [0.15, 0.2) is 0 Å². The molecule has 0 aliphatic carbocycles. The number of ether oxygens (including phenoxy) is 1. The fraction of sp³-hybridized carbons (Fsp3) is 0.0833. The number of carbonyl (C=O) groups excluding carboxylic acids is 2. The number of pyridine rings is 1. The van der Waals surface area contributed by atoms with Gasteiger partial charge in [-0.15, -0.1) is 11.3 Å². The zero-order valence-electron chi connectivity index (χ0n) is 17.8. The number of rotatable bonds is 6. The van der Waals surface area contributed by atoms with E-state index in [0.29, 0.717) is 38.3 Å². The molecule has 0 aliphatic rings. The first-order chi connectivity index (χ1) is 15.9. The summed E-state index contributed by atoms with van der Waals surface area (Å²) in [5, 5.41) is 6.23. The fourth-order valence-electron chi connectivity index (χ4n) is 3.07. The number of halogens is 1. The van der Waals surface area contributed by atoms with Crippen LogP contribution in [0.1, 0.15) is 25.7 Å². The molecular weight excluding hydrogens is 443 g/mol. The van der Waals surface area contributed by atoms with Gasteiger partial charge >= 0.3 is 0 Å². The van der Waals surface area contributed by atoms with Crippen LogP contribution in [0.4, 0.5) is 15.8 Å². The second kappa shape index (κ2) is 9.58.